The molecule has 0 unspecified atom stereocenters. The van der Waals surface area contributed by atoms with Crippen molar-refractivity contribution in [2.24, 2.45) is 0 Å². The number of carbonyl (C=O) groups is 1. The molecule has 0 saturated carbocycles. The molecule has 3 saturated heterocycles. The minimum atomic E-state index is -0.499. The highest BCUT2D eigenvalue weighted by atomic mass is 19.1. The van der Waals surface area contributed by atoms with Gasteiger partial charge in [0.2, 0.25) is 0 Å². The highest BCUT2D eigenvalue weighted by Gasteiger charge is 2.41. The van der Waals surface area contributed by atoms with Crippen molar-refractivity contribution in [3.63, 3.8) is 0 Å². The van der Waals surface area contributed by atoms with Crippen molar-refractivity contribution >= 4 is 39.2 Å². The van der Waals surface area contributed by atoms with Crippen LogP contribution in [0.5, 0.6) is 0 Å². The van der Waals surface area contributed by atoms with Crippen LogP contribution >= 0.6 is 0 Å². The molecule has 3 aliphatic heterocycles. The number of carbonyl (C=O) groups excluding carboxylic acids is 1. The van der Waals surface area contributed by atoms with Gasteiger partial charge < -0.3 is 28.3 Å². The molecule has 0 aliphatic carbocycles. The number of nitrogens with zero attached hydrogens (tertiary/aromatic N) is 8. The van der Waals surface area contributed by atoms with Crippen molar-refractivity contribution in [3.8, 4) is 22.9 Å². The molecule has 3 fully saturated rings. The van der Waals surface area contributed by atoms with Gasteiger partial charge in [-0.15, -0.1) is 0 Å². The lowest BCUT2D eigenvalue weighted by Gasteiger charge is -2.38. The normalized spacial score (nSPS) is 16.4. The molecule has 0 amide bonds. The van der Waals surface area contributed by atoms with Gasteiger partial charge in [0, 0.05) is 62.6 Å². The van der Waals surface area contributed by atoms with Crippen LogP contribution in [0.3, 0.4) is 0 Å². The molecule has 3 aliphatic rings. The molecule has 0 radical (unpaired) electrons. The molecule has 61 heavy (non-hydrogen) atoms. The van der Waals surface area contributed by atoms with Crippen LogP contribution < -0.4 is 9.80 Å². The predicted molar refractivity (Wildman–Crippen MR) is 233 cm³/mol. The number of piperidine rings is 2. The van der Waals surface area contributed by atoms with Crippen LogP contribution in [0.15, 0.2) is 33.3 Å². The molecule has 1 spiro atoms. The number of halogens is 2. The molecule has 2 aromatic carbocycles. The molecule has 6 aromatic rings. The van der Waals surface area contributed by atoms with Crippen molar-refractivity contribution in [2.75, 3.05) is 49.2 Å². The summed E-state index contributed by atoms with van der Waals surface area (Å²) in [4.78, 5) is 34.2. The van der Waals surface area contributed by atoms with Crippen LogP contribution in [0.2, 0.25) is 0 Å². The highest BCUT2D eigenvalue weighted by Crippen LogP contribution is 2.42. The number of fused-ring (bicyclic) bond motifs is 2. The average molecular weight is 841 g/mol. The molecular weight excluding hydrogens is 783 g/mol. The summed E-state index contributed by atoms with van der Waals surface area (Å²) in [5.41, 5.74) is 5.75. The summed E-state index contributed by atoms with van der Waals surface area (Å²) in [6.45, 7) is 19.3. The molecule has 15 heteroatoms. The number of aryl methyl sites for hydroxylation is 4. The summed E-state index contributed by atoms with van der Waals surface area (Å²) >= 11 is 0. The monoisotopic (exact) mass is 840 g/mol. The molecule has 326 valence electrons. The molecule has 13 nitrogen and oxygen atoms in total. The topological polar surface area (TPSA) is 146 Å². The number of rotatable bonds is 6. The first-order valence-corrected chi connectivity index (χ1v) is 20.4. The quantitative estimate of drug-likeness (QED) is 0.157. The van der Waals surface area contributed by atoms with Crippen LogP contribution in [0.4, 0.5) is 20.4 Å². The van der Waals surface area contributed by atoms with Crippen molar-refractivity contribution in [1.29, 1.82) is 0 Å². The van der Waals surface area contributed by atoms with Gasteiger partial charge in [0.15, 0.2) is 17.4 Å². The maximum Gasteiger partial charge on any atom is 0.261 e. The largest absolute Gasteiger partial charge is 0.356 e. The van der Waals surface area contributed by atoms with Crippen LogP contribution in [0.1, 0.15) is 114 Å². The number of pyridine rings is 2. The Bertz CT molecular complexity index is 2540. The minimum Gasteiger partial charge on any atom is -0.356 e. The van der Waals surface area contributed by atoms with E-state index >= 15 is 4.39 Å². The zero-order chi connectivity index (χ0) is 41.7. The lowest BCUT2D eigenvalue weighted by molar-refractivity contribution is -0.169. The van der Waals surface area contributed by atoms with Gasteiger partial charge in [-0.3, -0.25) is 4.79 Å². The number of Topliss-reactive ketones (excluding diaryl/α,β-unsaturated/α-hetero) is 1. The van der Waals surface area contributed by atoms with Gasteiger partial charge in [-0.2, -0.15) is 9.97 Å². The van der Waals surface area contributed by atoms with Crippen LogP contribution in [-0.4, -0.2) is 81.2 Å². The Morgan fingerprint density at radius 3 is 1.41 bits per heavy atom. The molecule has 0 N–H and O–H groups in total. The fourth-order valence-electron chi connectivity index (χ4n) is 8.21. The molecule has 0 bridgehead atoms. The third-order valence-electron chi connectivity index (χ3n) is 11.7. The molecular formula is C46H58F2N8O5. The van der Waals surface area contributed by atoms with Gasteiger partial charge in [0.25, 0.3) is 11.8 Å². The Kier molecular flexibility index (Phi) is 13.2. The molecule has 4 aromatic heterocycles. The van der Waals surface area contributed by atoms with E-state index in [1.807, 2.05) is 44.7 Å². The molecule has 9 rings (SSSR count). The Morgan fingerprint density at radius 2 is 1.03 bits per heavy atom. The first kappa shape index (κ1) is 45.1. The Hall–Kier alpha value is -5.41. The second-order valence-corrected chi connectivity index (χ2v) is 16.4. The van der Waals surface area contributed by atoms with E-state index in [-0.39, 0.29) is 44.1 Å². The fourth-order valence-corrected chi connectivity index (χ4v) is 8.21. The second-order valence-electron chi connectivity index (χ2n) is 16.4. The van der Waals surface area contributed by atoms with Gasteiger partial charge in [-0.25, -0.2) is 18.7 Å². The Balaban J connectivity index is 0.000000199. The SMILES string of the molecule is C.C.Cc1noc(-c2c(N3CCC(=O)CC3)nc3c(F)cc(C(C)C)cc3c2C)n1.Cc1noc(-c2c(N3CCC4(CC3)OCCO4)nc3c(F)cc(C(C)C)cc3c2C)n1. The standard InChI is InChI=1S/C23H27FN4O3.C21H23FN4O2.2CH4/c1-13(2)16-11-17-14(3)19(22-25-15(4)27-31-22)21(26-20(17)18(24)12-16)28-7-5-23(6-8-28)29-9-10-30-23;1-11(2)14-9-16-12(3)18(21-23-13(4)25-28-21)20(24-19(16)17(22)10-14)26-7-5-15(27)6-8-26;;/h11-13H,5-10H2,1-4H3;9-11H,5-8H2,1-4H3;2*1H4. The fraction of sp³-hybridized carbons (Fsp3) is 0.500. The van der Waals surface area contributed by atoms with Gasteiger partial charge >= 0.3 is 0 Å². The number of ketones is 1. The summed E-state index contributed by atoms with van der Waals surface area (Å²) in [6.07, 6.45) is 2.36. The van der Waals surface area contributed by atoms with E-state index in [1.54, 1.807) is 26.0 Å². The first-order chi connectivity index (χ1) is 28.2. The maximum atomic E-state index is 15.1. The summed E-state index contributed by atoms with van der Waals surface area (Å²) < 4.78 is 52.8. The number of anilines is 2. The smallest absolute Gasteiger partial charge is 0.261 e. The Morgan fingerprint density at radius 1 is 0.623 bits per heavy atom. The summed E-state index contributed by atoms with van der Waals surface area (Å²) in [7, 11) is 0. The van der Waals surface area contributed by atoms with Crippen molar-refractivity contribution in [3.05, 3.63) is 69.8 Å². The van der Waals surface area contributed by atoms with Crippen molar-refractivity contribution in [2.45, 2.75) is 114 Å². The first-order valence-electron chi connectivity index (χ1n) is 20.4. The lowest BCUT2D eigenvalue weighted by atomic mass is 9.96. The lowest BCUT2D eigenvalue weighted by Crippen LogP contribution is -2.45. The third kappa shape index (κ3) is 8.72. The van der Waals surface area contributed by atoms with E-state index in [1.165, 1.54) is 0 Å². The molecule has 7 heterocycles. The maximum absolute atomic E-state index is 15.1. The van der Waals surface area contributed by atoms with E-state index in [4.69, 9.17) is 23.5 Å². The van der Waals surface area contributed by atoms with Crippen LogP contribution in [-0.2, 0) is 14.3 Å². The zero-order valence-corrected chi connectivity index (χ0v) is 34.9. The summed E-state index contributed by atoms with van der Waals surface area (Å²) in [6, 6.07) is 7.15. The number of ether oxygens (including phenoxy) is 2. The van der Waals surface area contributed by atoms with E-state index in [9.17, 15) is 9.18 Å². The second kappa shape index (κ2) is 17.9. The van der Waals surface area contributed by atoms with Crippen LogP contribution in [0, 0.1) is 39.3 Å². The number of aromatic nitrogens is 6. The zero-order valence-electron chi connectivity index (χ0n) is 34.9. The van der Waals surface area contributed by atoms with E-state index < -0.39 is 5.79 Å². The number of benzene rings is 2. The van der Waals surface area contributed by atoms with Crippen molar-refractivity contribution < 1.29 is 32.1 Å². The third-order valence-corrected chi connectivity index (χ3v) is 11.7. The number of hydrogen-bond acceptors (Lipinski definition) is 13. The highest BCUT2D eigenvalue weighted by molar-refractivity contribution is 5.95. The predicted octanol–water partition coefficient (Wildman–Crippen LogP) is 10.1. The van der Waals surface area contributed by atoms with Gasteiger partial charge in [0.1, 0.15) is 40.1 Å². The minimum absolute atomic E-state index is 0. The van der Waals surface area contributed by atoms with E-state index in [0.717, 1.165) is 51.4 Å². The summed E-state index contributed by atoms with van der Waals surface area (Å²) in [5.74, 6) is 2.59. The van der Waals surface area contributed by atoms with E-state index in [0.29, 0.717) is 104 Å². The van der Waals surface area contributed by atoms with Crippen molar-refractivity contribution in [1.82, 2.24) is 30.2 Å². The van der Waals surface area contributed by atoms with Gasteiger partial charge in [-0.05, 0) is 86.1 Å². The number of hydrogen-bond donors (Lipinski definition) is 0. The van der Waals surface area contributed by atoms with Crippen LogP contribution in [0.25, 0.3) is 44.7 Å². The van der Waals surface area contributed by atoms with Gasteiger partial charge in [0.05, 0.1) is 24.3 Å². The summed E-state index contributed by atoms with van der Waals surface area (Å²) in [5, 5.41) is 9.40. The van der Waals surface area contributed by atoms with E-state index in [2.05, 4.69) is 44.0 Å². The Labute approximate surface area is 356 Å². The molecule has 0 atom stereocenters. The van der Waals surface area contributed by atoms with Gasteiger partial charge in [-0.1, -0.05) is 52.9 Å². The average Bonchev–Trinajstić information content (AvgIpc) is 3.97.